The minimum atomic E-state index is -0.170. The fourth-order valence-corrected chi connectivity index (χ4v) is 1.54. The first-order valence-electron chi connectivity index (χ1n) is 6.70. The highest BCUT2D eigenvalue weighted by molar-refractivity contribution is 5.97. The highest BCUT2D eigenvalue weighted by atomic mass is 16.5. The molecule has 0 bridgehead atoms. The van der Waals surface area contributed by atoms with Gasteiger partial charge in [0.2, 0.25) is 0 Å². The molecule has 0 aromatic heterocycles. The summed E-state index contributed by atoms with van der Waals surface area (Å²) >= 11 is 0. The maximum absolute atomic E-state index is 11.8. The summed E-state index contributed by atoms with van der Waals surface area (Å²) in [7, 11) is 1.58. The molecule has 0 saturated carbocycles. The van der Waals surface area contributed by atoms with E-state index in [4.69, 9.17) is 4.74 Å². The van der Waals surface area contributed by atoms with Crippen LogP contribution in [0.3, 0.4) is 0 Å². The minimum Gasteiger partial charge on any atom is -0.383 e. The normalized spacial score (nSPS) is 10.4. The van der Waals surface area contributed by atoms with E-state index < -0.39 is 0 Å². The topological polar surface area (TPSA) is 67.4 Å². The van der Waals surface area contributed by atoms with Gasteiger partial charge in [0.15, 0.2) is 0 Å². The van der Waals surface area contributed by atoms with Crippen LogP contribution in [-0.2, 0) is 4.74 Å². The van der Waals surface area contributed by atoms with Crippen molar-refractivity contribution in [2.75, 3.05) is 26.8 Å². The van der Waals surface area contributed by atoms with Gasteiger partial charge < -0.3 is 15.4 Å². The van der Waals surface area contributed by atoms with Crippen LogP contribution >= 0.6 is 0 Å². The average Bonchev–Trinajstić information content (AvgIpc) is 2.45. The van der Waals surface area contributed by atoms with Crippen molar-refractivity contribution in [1.29, 1.82) is 0 Å². The predicted molar refractivity (Wildman–Crippen MR) is 77.8 cm³/mol. The number of carbonyl (C=O) groups is 2. The molecule has 1 aromatic rings. The molecule has 1 rings (SSSR count). The second-order valence-corrected chi connectivity index (χ2v) is 4.93. The molecule has 20 heavy (non-hydrogen) atoms. The summed E-state index contributed by atoms with van der Waals surface area (Å²) < 4.78 is 4.86. The summed E-state index contributed by atoms with van der Waals surface area (Å²) in [6.07, 6.45) is 0. The molecule has 0 aliphatic rings. The molecular weight excluding hydrogens is 256 g/mol. The van der Waals surface area contributed by atoms with Gasteiger partial charge in [0.25, 0.3) is 11.8 Å². The zero-order valence-corrected chi connectivity index (χ0v) is 12.2. The standard InChI is InChI=1S/C15H22N2O3/c1-11(2)10-17-15(19)13-6-4-12(5-7-13)14(18)16-8-9-20-3/h4-7,11H,8-10H2,1-3H3,(H,16,18)(H,17,19). The quantitative estimate of drug-likeness (QED) is 0.742. The van der Waals surface area contributed by atoms with E-state index in [9.17, 15) is 9.59 Å². The molecular formula is C15H22N2O3. The lowest BCUT2D eigenvalue weighted by atomic mass is 10.1. The molecule has 0 unspecified atom stereocenters. The van der Waals surface area contributed by atoms with Crippen LogP contribution in [0.5, 0.6) is 0 Å². The molecule has 0 spiro atoms. The number of rotatable bonds is 7. The summed E-state index contributed by atoms with van der Waals surface area (Å²) in [5.41, 5.74) is 1.08. The largest absolute Gasteiger partial charge is 0.383 e. The van der Waals surface area contributed by atoms with Crippen molar-refractivity contribution in [3.63, 3.8) is 0 Å². The molecule has 0 aliphatic carbocycles. The van der Waals surface area contributed by atoms with Crippen molar-refractivity contribution >= 4 is 11.8 Å². The summed E-state index contributed by atoms with van der Waals surface area (Å²) in [5.74, 6) is 0.117. The lowest BCUT2D eigenvalue weighted by Gasteiger charge is -2.08. The van der Waals surface area contributed by atoms with Crippen molar-refractivity contribution in [3.8, 4) is 0 Å². The molecule has 5 heteroatoms. The van der Waals surface area contributed by atoms with E-state index in [1.165, 1.54) is 0 Å². The van der Waals surface area contributed by atoms with Crippen molar-refractivity contribution in [3.05, 3.63) is 35.4 Å². The molecule has 2 amide bonds. The van der Waals surface area contributed by atoms with E-state index in [-0.39, 0.29) is 11.8 Å². The zero-order valence-electron chi connectivity index (χ0n) is 12.2. The lowest BCUT2D eigenvalue weighted by Crippen LogP contribution is -2.28. The van der Waals surface area contributed by atoms with E-state index in [0.29, 0.717) is 36.7 Å². The number of ether oxygens (including phenoxy) is 1. The van der Waals surface area contributed by atoms with Crippen LogP contribution in [0, 0.1) is 5.92 Å². The van der Waals surface area contributed by atoms with Gasteiger partial charge in [0, 0.05) is 31.3 Å². The third-order valence-corrected chi connectivity index (χ3v) is 2.67. The Hall–Kier alpha value is -1.88. The van der Waals surface area contributed by atoms with Crippen molar-refractivity contribution in [1.82, 2.24) is 10.6 Å². The Morgan fingerprint density at radius 1 is 1.05 bits per heavy atom. The van der Waals surface area contributed by atoms with Gasteiger partial charge in [-0.3, -0.25) is 9.59 Å². The molecule has 0 saturated heterocycles. The minimum absolute atomic E-state index is 0.120. The molecule has 0 fully saturated rings. The van der Waals surface area contributed by atoms with Crippen molar-refractivity contribution in [2.24, 2.45) is 5.92 Å². The predicted octanol–water partition coefficient (Wildman–Crippen LogP) is 1.45. The van der Waals surface area contributed by atoms with Crippen molar-refractivity contribution < 1.29 is 14.3 Å². The van der Waals surface area contributed by atoms with Crippen LogP contribution in [0.15, 0.2) is 24.3 Å². The van der Waals surface area contributed by atoms with Crippen LogP contribution in [0.4, 0.5) is 0 Å². The molecule has 5 nitrogen and oxygen atoms in total. The van der Waals surface area contributed by atoms with Gasteiger partial charge in [-0.25, -0.2) is 0 Å². The maximum Gasteiger partial charge on any atom is 0.251 e. The lowest BCUT2D eigenvalue weighted by molar-refractivity contribution is 0.0930. The first-order chi connectivity index (χ1) is 9.54. The Morgan fingerprint density at radius 3 is 2.00 bits per heavy atom. The van der Waals surface area contributed by atoms with E-state index in [0.717, 1.165) is 0 Å². The van der Waals surface area contributed by atoms with Crippen LogP contribution < -0.4 is 10.6 Å². The highest BCUT2D eigenvalue weighted by Gasteiger charge is 2.08. The SMILES string of the molecule is COCCNC(=O)c1ccc(C(=O)NCC(C)C)cc1. The van der Waals surface area contributed by atoms with Crippen LogP contribution in [-0.4, -0.2) is 38.6 Å². The monoisotopic (exact) mass is 278 g/mol. The summed E-state index contributed by atoms with van der Waals surface area (Å²) in [5, 5.41) is 5.56. The van der Waals surface area contributed by atoms with E-state index in [1.54, 1.807) is 31.4 Å². The number of nitrogens with one attached hydrogen (secondary N) is 2. The summed E-state index contributed by atoms with van der Waals surface area (Å²) in [6.45, 7) is 5.65. The molecule has 0 atom stereocenters. The van der Waals surface area contributed by atoms with Gasteiger partial charge in [-0.2, -0.15) is 0 Å². The first-order valence-corrected chi connectivity index (χ1v) is 6.70. The second kappa shape index (κ2) is 8.32. The molecule has 0 radical (unpaired) electrons. The van der Waals surface area contributed by atoms with Crippen molar-refractivity contribution in [2.45, 2.75) is 13.8 Å². The fourth-order valence-electron chi connectivity index (χ4n) is 1.54. The molecule has 2 N–H and O–H groups in total. The fraction of sp³-hybridized carbons (Fsp3) is 0.467. The average molecular weight is 278 g/mol. The smallest absolute Gasteiger partial charge is 0.251 e. The summed E-state index contributed by atoms with van der Waals surface area (Å²) in [4.78, 5) is 23.6. The Kier molecular flexibility index (Phi) is 6.73. The Balaban J connectivity index is 2.55. The van der Waals surface area contributed by atoms with Crippen LogP contribution in [0.2, 0.25) is 0 Å². The van der Waals surface area contributed by atoms with E-state index in [2.05, 4.69) is 10.6 Å². The Labute approximate surface area is 119 Å². The van der Waals surface area contributed by atoms with Gasteiger partial charge in [-0.15, -0.1) is 0 Å². The molecule has 0 aliphatic heterocycles. The second-order valence-electron chi connectivity index (χ2n) is 4.93. The number of hydrogen-bond donors (Lipinski definition) is 2. The third-order valence-electron chi connectivity index (χ3n) is 2.67. The molecule has 110 valence electrons. The van der Waals surface area contributed by atoms with Gasteiger partial charge in [0.1, 0.15) is 0 Å². The Bertz CT molecular complexity index is 441. The van der Waals surface area contributed by atoms with Crippen LogP contribution in [0.25, 0.3) is 0 Å². The van der Waals surface area contributed by atoms with Gasteiger partial charge >= 0.3 is 0 Å². The molecule has 1 aromatic carbocycles. The van der Waals surface area contributed by atoms with Gasteiger partial charge in [-0.05, 0) is 30.2 Å². The molecule has 0 heterocycles. The number of benzene rings is 1. The maximum atomic E-state index is 11.8. The number of amides is 2. The van der Waals surface area contributed by atoms with Crippen LogP contribution in [0.1, 0.15) is 34.6 Å². The number of hydrogen-bond acceptors (Lipinski definition) is 3. The highest BCUT2D eigenvalue weighted by Crippen LogP contribution is 2.05. The third kappa shape index (κ3) is 5.40. The number of methoxy groups -OCH3 is 1. The van der Waals surface area contributed by atoms with E-state index >= 15 is 0 Å². The number of carbonyl (C=O) groups excluding carboxylic acids is 2. The first kappa shape index (κ1) is 16.2. The zero-order chi connectivity index (χ0) is 15.0. The summed E-state index contributed by atoms with van der Waals surface area (Å²) in [6, 6.07) is 6.60. The van der Waals surface area contributed by atoms with E-state index in [1.807, 2.05) is 13.8 Å². The van der Waals surface area contributed by atoms with Gasteiger partial charge in [-0.1, -0.05) is 13.8 Å². The van der Waals surface area contributed by atoms with Gasteiger partial charge in [0.05, 0.1) is 6.61 Å². The Morgan fingerprint density at radius 2 is 1.55 bits per heavy atom.